The molecule has 6 heteroatoms. The normalized spacial score (nSPS) is 17.4. The van der Waals surface area contributed by atoms with Gasteiger partial charge in [-0.3, -0.25) is 9.48 Å². The highest BCUT2D eigenvalue weighted by atomic mass is 16.4. The number of hydrogen-bond acceptors (Lipinski definition) is 3. The highest BCUT2D eigenvalue weighted by molar-refractivity contribution is 5.96. The van der Waals surface area contributed by atoms with E-state index < -0.39 is 12.0 Å². The van der Waals surface area contributed by atoms with Crippen molar-refractivity contribution >= 4 is 11.9 Å². The van der Waals surface area contributed by atoms with Gasteiger partial charge in [-0.2, -0.15) is 5.10 Å². The van der Waals surface area contributed by atoms with Crippen LogP contribution in [-0.2, 0) is 18.3 Å². The summed E-state index contributed by atoms with van der Waals surface area (Å²) in [7, 11) is 1.72. The fourth-order valence-corrected chi connectivity index (χ4v) is 2.75. The lowest BCUT2D eigenvalue weighted by Crippen LogP contribution is -2.43. The van der Waals surface area contributed by atoms with Crippen LogP contribution in [0.4, 0.5) is 0 Å². The molecule has 1 aliphatic rings. The van der Waals surface area contributed by atoms with E-state index in [1.807, 2.05) is 12.1 Å². The Labute approximate surface area is 121 Å². The Bertz CT molecular complexity index is 708. The monoisotopic (exact) mass is 285 g/mol. The van der Waals surface area contributed by atoms with E-state index in [9.17, 15) is 14.7 Å². The van der Waals surface area contributed by atoms with E-state index in [1.54, 1.807) is 25.4 Å². The maximum atomic E-state index is 12.5. The molecular weight excluding hydrogens is 270 g/mol. The Kier molecular flexibility index (Phi) is 3.21. The Morgan fingerprint density at radius 2 is 2.10 bits per heavy atom. The maximum Gasteiger partial charge on any atom is 0.331 e. The van der Waals surface area contributed by atoms with Crippen LogP contribution in [-0.4, -0.2) is 38.2 Å². The SMILES string of the molecule is Cn1cc(C(=O)N2CCc3ccccc3C2C(=O)O)cn1. The Balaban J connectivity index is 1.99. The first-order chi connectivity index (χ1) is 10.1. The topological polar surface area (TPSA) is 75.4 Å². The first kappa shape index (κ1) is 13.4. The molecule has 0 spiro atoms. The summed E-state index contributed by atoms with van der Waals surface area (Å²) in [5.41, 5.74) is 2.08. The Hall–Kier alpha value is -2.63. The third-order valence-electron chi connectivity index (χ3n) is 3.73. The second-order valence-electron chi connectivity index (χ2n) is 5.09. The van der Waals surface area contributed by atoms with Crippen molar-refractivity contribution in [3.63, 3.8) is 0 Å². The van der Waals surface area contributed by atoms with Gasteiger partial charge in [0.15, 0.2) is 6.04 Å². The minimum Gasteiger partial charge on any atom is -0.479 e. The van der Waals surface area contributed by atoms with Crippen LogP contribution < -0.4 is 0 Å². The van der Waals surface area contributed by atoms with Crippen molar-refractivity contribution in [1.29, 1.82) is 0 Å². The number of benzene rings is 1. The van der Waals surface area contributed by atoms with Crippen molar-refractivity contribution in [1.82, 2.24) is 14.7 Å². The Morgan fingerprint density at radius 3 is 2.76 bits per heavy atom. The zero-order chi connectivity index (χ0) is 15.0. The molecular formula is C15H15N3O3. The van der Waals surface area contributed by atoms with Crippen molar-refractivity contribution in [2.45, 2.75) is 12.5 Å². The number of amides is 1. The molecule has 1 amide bonds. The van der Waals surface area contributed by atoms with Crippen molar-refractivity contribution in [3.05, 3.63) is 53.3 Å². The number of aromatic nitrogens is 2. The molecule has 1 unspecified atom stereocenters. The van der Waals surface area contributed by atoms with Gasteiger partial charge in [0, 0.05) is 19.8 Å². The molecule has 0 aliphatic carbocycles. The lowest BCUT2D eigenvalue weighted by Gasteiger charge is -2.34. The Morgan fingerprint density at radius 1 is 1.33 bits per heavy atom. The van der Waals surface area contributed by atoms with Crippen LogP contribution in [0.1, 0.15) is 27.5 Å². The number of aryl methyl sites for hydroxylation is 1. The number of carbonyl (C=O) groups excluding carboxylic acids is 1. The van der Waals surface area contributed by atoms with E-state index in [2.05, 4.69) is 5.10 Å². The number of nitrogens with zero attached hydrogens (tertiary/aromatic N) is 3. The summed E-state index contributed by atoms with van der Waals surface area (Å²) in [5.74, 6) is -1.32. The van der Waals surface area contributed by atoms with Crippen LogP contribution in [0.25, 0.3) is 0 Å². The van der Waals surface area contributed by atoms with Gasteiger partial charge in [-0.15, -0.1) is 0 Å². The van der Waals surface area contributed by atoms with Crippen LogP contribution in [0.15, 0.2) is 36.7 Å². The van der Waals surface area contributed by atoms with Gasteiger partial charge in [-0.1, -0.05) is 24.3 Å². The van der Waals surface area contributed by atoms with Crippen LogP contribution in [0, 0.1) is 0 Å². The highest BCUT2D eigenvalue weighted by Gasteiger charge is 2.36. The van der Waals surface area contributed by atoms with E-state index in [1.165, 1.54) is 15.8 Å². The van der Waals surface area contributed by atoms with Crippen molar-refractivity contribution in [2.24, 2.45) is 7.05 Å². The third-order valence-corrected chi connectivity index (χ3v) is 3.73. The molecule has 21 heavy (non-hydrogen) atoms. The molecule has 0 saturated heterocycles. The minimum absolute atomic E-state index is 0.301. The second-order valence-corrected chi connectivity index (χ2v) is 5.09. The number of hydrogen-bond donors (Lipinski definition) is 1. The van der Waals surface area contributed by atoms with Gasteiger partial charge in [0.2, 0.25) is 0 Å². The molecule has 108 valence electrons. The molecule has 0 radical (unpaired) electrons. The molecule has 1 aromatic carbocycles. The number of aliphatic carboxylic acids is 1. The molecule has 1 N–H and O–H groups in total. The van der Waals surface area contributed by atoms with Gasteiger partial charge in [-0.25, -0.2) is 4.79 Å². The zero-order valence-electron chi connectivity index (χ0n) is 11.6. The summed E-state index contributed by atoms with van der Waals surface area (Å²) >= 11 is 0. The molecule has 1 aliphatic heterocycles. The summed E-state index contributed by atoms with van der Waals surface area (Å²) in [6, 6.07) is 6.43. The highest BCUT2D eigenvalue weighted by Crippen LogP contribution is 2.31. The molecule has 0 saturated carbocycles. The third kappa shape index (κ3) is 2.29. The smallest absolute Gasteiger partial charge is 0.331 e. The predicted molar refractivity (Wildman–Crippen MR) is 74.8 cm³/mol. The number of fused-ring (bicyclic) bond motifs is 1. The van der Waals surface area contributed by atoms with E-state index in [4.69, 9.17) is 0 Å². The molecule has 2 heterocycles. The summed E-state index contributed by atoms with van der Waals surface area (Å²) in [4.78, 5) is 25.6. The summed E-state index contributed by atoms with van der Waals surface area (Å²) in [6.07, 6.45) is 3.72. The van der Waals surface area contributed by atoms with Crippen LogP contribution in [0.2, 0.25) is 0 Å². The quantitative estimate of drug-likeness (QED) is 0.901. The van der Waals surface area contributed by atoms with E-state index >= 15 is 0 Å². The maximum absolute atomic E-state index is 12.5. The van der Waals surface area contributed by atoms with Gasteiger partial charge < -0.3 is 10.0 Å². The molecule has 1 aromatic heterocycles. The van der Waals surface area contributed by atoms with Crippen LogP contribution >= 0.6 is 0 Å². The average molecular weight is 285 g/mol. The van der Waals surface area contributed by atoms with Crippen molar-refractivity contribution < 1.29 is 14.7 Å². The lowest BCUT2D eigenvalue weighted by atomic mass is 9.92. The van der Waals surface area contributed by atoms with Gasteiger partial charge >= 0.3 is 5.97 Å². The van der Waals surface area contributed by atoms with Gasteiger partial charge in [0.25, 0.3) is 5.91 Å². The minimum atomic E-state index is -1.01. The van der Waals surface area contributed by atoms with E-state index in [0.717, 1.165) is 5.56 Å². The van der Waals surface area contributed by atoms with E-state index in [-0.39, 0.29) is 5.91 Å². The first-order valence-corrected chi connectivity index (χ1v) is 6.68. The first-order valence-electron chi connectivity index (χ1n) is 6.68. The fourth-order valence-electron chi connectivity index (χ4n) is 2.75. The van der Waals surface area contributed by atoms with Crippen molar-refractivity contribution in [3.8, 4) is 0 Å². The lowest BCUT2D eigenvalue weighted by molar-refractivity contribution is -0.143. The number of rotatable bonds is 2. The number of carboxylic acid groups (broad SMARTS) is 1. The second kappa shape index (κ2) is 5.05. The molecule has 0 fully saturated rings. The average Bonchev–Trinajstić information content (AvgIpc) is 2.91. The van der Waals surface area contributed by atoms with Gasteiger partial charge in [0.05, 0.1) is 11.8 Å². The standard InChI is InChI=1S/C15H15N3O3/c1-17-9-11(8-16-17)14(19)18-7-6-10-4-2-3-5-12(10)13(18)15(20)21/h2-5,8-9,13H,6-7H2,1H3,(H,20,21). The summed E-state index contributed by atoms with van der Waals surface area (Å²) < 4.78 is 1.53. The van der Waals surface area contributed by atoms with E-state index in [0.29, 0.717) is 24.1 Å². The number of carboxylic acids is 1. The number of carbonyl (C=O) groups is 2. The molecule has 1 atom stereocenters. The fraction of sp³-hybridized carbons (Fsp3) is 0.267. The van der Waals surface area contributed by atoms with Crippen molar-refractivity contribution in [2.75, 3.05) is 6.54 Å². The largest absolute Gasteiger partial charge is 0.479 e. The summed E-state index contributed by atoms with van der Waals surface area (Å²) in [5, 5.41) is 13.5. The van der Waals surface area contributed by atoms with Crippen LogP contribution in [0.5, 0.6) is 0 Å². The summed E-state index contributed by atoms with van der Waals surface area (Å²) in [6.45, 7) is 0.391. The van der Waals surface area contributed by atoms with Gasteiger partial charge in [-0.05, 0) is 17.5 Å². The van der Waals surface area contributed by atoms with Crippen LogP contribution in [0.3, 0.4) is 0 Å². The zero-order valence-corrected chi connectivity index (χ0v) is 11.6. The molecule has 3 rings (SSSR count). The molecule has 0 bridgehead atoms. The predicted octanol–water partition coefficient (Wildman–Crippen LogP) is 1.24. The van der Waals surface area contributed by atoms with Gasteiger partial charge in [0.1, 0.15) is 0 Å². The molecule has 6 nitrogen and oxygen atoms in total. The molecule has 2 aromatic rings.